The van der Waals surface area contributed by atoms with Gasteiger partial charge in [0.2, 0.25) is 0 Å². The average Bonchev–Trinajstić information content (AvgIpc) is 2.46. The van der Waals surface area contributed by atoms with Gasteiger partial charge in [-0.05, 0) is 11.6 Å². The Morgan fingerprint density at radius 3 is 2.10 bits per heavy atom. The third kappa shape index (κ3) is 2.88. The van der Waals surface area contributed by atoms with Crippen molar-refractivity contribution < 1.29 is 23.1 Å². The van der Waals surface area contributed by atoms with E-state index in [1.54, 1.807) is 18.2 Å². The number of carbonyl (C=O) groups excluding carboxylic acids is 1. The van der Waals surface area contributed by atoms with Gasteiger partial charge in [-0.2, -0.15) is 13.2 Å². The van der Waals surface area contributed by atoms with E-state index in [0.717, 1.165) is 12.1 Å². The summed E-state index contributed by atoms with van der Waals surface area (Å²) in [6.45, 7) is 0. The summed E-state index contributed by atoms with van der Waals surface area (Å²) in [5, 5.41) is 9.92. The van der Waals surface area contributed by atoms with E-state index in [1.165, 1.54) is 24.3 Å². The second-order valence-electron chi connectivity index (χ2n) is 4.22. The molecule has 0 aliphatic carbocycles. The van der Waals surface area contributed by atoms with Crippen LogP contribution in [-0.4, -0.2) is 10.9 Å². The van der Waals surface area contributed by atoms with Crippen LogP contribution in [-0.2, 0) is 6.18 Å². The van der Waals surface area contributed by atoms with E-state index < -0.39 is 29.2 Å². The zero-order valence-corrected chi connectivity index (χ0v) is 10.3. The van der Waals surface area contributed by atoms with Gasteiger partial charge < -0.3 is 5.11 Å². The summed E-state index contributed by atoms with van der Waals surface area (Å²) in [4.78, 5) is 12.1. The minimum absolute atomic E-state index is 0.259. The number of carbonyl (C=O) groups is 1. The molecule has 0 radical (unpaired) electrons. The number of aliphatic hydroxyl groups is 1. The van der Waals surface area contributed by atoms with Crippen molar-refractivity contribution in [3.05, 3.63) is 71.3 Å². The Kier molecular flexibility index (Phi) is 3.90. The first kappa shape index (κ1) is 14.3. The first-order valence-electron chi connectivity index (χ1n) is 5.84. The van der Waals surface area contributed by atoms with Crippen LogP contribution in [0.5, 0.6) is 0 Å². The largest absolute Gasteiger partial charge is 0.417 e. The third-order valence-corrected chi connectivity index (χ3v) is 2.86. The second-order valence-corrected chi connectivity index (χ2v) is 4.22. The molecule has 2 aromatic rings. The monoisotopic (exact) mass is 280 g/mol. The number of rotatable bonds is 3. The van der Waals surface area contributed by atoms with E-state index in [9.17, 15) is 23.1 Å². The van der Waals surface area contributed by atoms with Crippen molar-refractivity contribution in [2.24, 2.45) is 0 Å². The van der Waals surface area contributed by atoms with Crippen LogP contribution >= 0.6 is 0 Å². The molecule has 1 atom stereocenters. The van der Waals surface area contributed by atoms with E-state index in [0.29, 0.717) is 0 Å². The lowest BCUT2D eigenvalue weighted by molar-refractivity contribution is -0.138. The Morgan fingerprint density at radius 1 is 0.950 bits per heavy atom. The lowest BCUT2D eigenvalue weighted by Gasteiger charge is -2.15. The van der Waals surface area contributed by atoms with Crippen molar-refractivity contribution in [1.82, 2.24) is 0 Å². The molecule has 0 bridgehead atoms. The van der Waals surface area contributed by atoms with Gasteiger partial charge in [-0.15, -0.1) is 0 Å². The zero-order chi connectivity index (χ0) is 14.8. The molecule has 20 heavy (non-hydrogen) atoms. The van der Waals surface area contributed by atoms with Gasteiger partial charge in [0, 0.05) is 5.56 Å². The molecule has 0 saturated heterocycles. The maximum Gasteiger partial charge on any atom is 0.417 e. The highest BCUT2D eigenvalue weighted by Crippen LogP contribution is 2.33. The van der Waals surface area contributed by atoms with Gasteiger partial charge in [0.25, 0.3) is 0 Å². The van der Waals surface area contributed by atoms with Crippen LogP contribution < -0.4 is 0 Å². The Balaban J connectivity index is 2.40. The number of alkyl halides is 3. The zero-order valence-electron chi connectivity index (χ0n) is 10.3. The highest BCUT2D eigenvalue weighted by Gasteiger charge is 2.36. The lowest BCUT2D eigenvalue weighted by Crippen LogP contribution is -2.18. The fourth-order valence-electron chi connectivity index (χ4n) is 1.88. The molecular formula is C15H11F3O2. The Bertz CT molecular complexity index is 606. The van der Waals surface area contributed by atoms with Crippen molar-refractivity contribution in [3.63, 3.8) is 0 Å². The van der Waals surface area contributed by atoms with Crippen LogP contribution in [0.4, 0.5) is 13.2 Å². The second kappa shape index (κ2) is 5.46. The summed E-state index contributed by atoms with van der Waals surface area (Å²) in [5.74, 6) is -0.968. The highest BCUT2D eigenvalue weighted by atomic mass is 19.4. The number of aliphatic hydroxyl groups excluding tert-OH is 1. The topological polar surface area (TPSA) is 37.3 Å². The maximum atomic E-state index is 12.8. The van der Waals surface area contributed by atoms with E-state index in [-0.39, 0.29) is 5.56 Å². The summed E-state index contributed by atoms with van der Waals surface area (Å²) >= 11 is 0. The van der Waals surface area contributed by atoms with Gasteiger partial charge in [-0.25, -0.2) is 0 Å². The fraction of sp³-hybridized carbons (Fsp3) is 0.133. The van der Waals surface area contributed by atoms with E-state index in [1.807, 2.05) is 0 Å². The molecule has 0 aromatic heterocycles. The standard InChI is InChI=1S/C15H11F3O2/c16-15(17,18)12-9-5-4-8-11(12)14(20)13(19)10-6-2-1-3-7-10/h1-9,13,19H. The van der Waals surface area contributed by atoms with Crippen molar-refractivity contribution in [1.29, 1.82) is 0 Å². The molecule has 5 heteroatoms. The van der Waals surface area contributed by atoms with E-state index in [2.05, 4.69) is 0 Å². The van der Waals surface area contributed by atoms with Crippen molar-refractivity contribution in [3.8, 4) is 0 Å². The molecule has 0 saturated carbocycles. The van der Waals surface area contributed by atoms with Crippen LogP contribution in [0.25, 0.3) is 0 Å². The minimum Gasteiger partial charge on any atom is -0.380 e. The Labute approximate surface area is 113 Å². The number of ketones is 1. The van der Waals surface area contributed by atoms with Crippen molar-refractivity contribution in [2.75, 3.05) is 0 Å². The lowest BCUT2D eigenvalue weighted by atomic mass is 9.96. The van der Waals surface area contributed by atoms with Crippen LogP contribution in [0.2, 0.25) is 0 Å². The molecule has 2 nitrogen and oxygen atoms in total. The predicted octanol–water partition coefficient (Wildman–Crippen LogP) is 3.62. The average molecular weight is 280 g/mol. The molecule has 0 amide bonds. The number of hydrogen-bond donors (Lipinski definition) is 1. The number of halogens is 3. The molecule has 0 aliphatic rings. The van der Waals surface area contributed by atoms with Crippen molar-refractivity contribution in [2.45, 2.75) is 12.3 Å². The van der Waals surface area contributed by atoms with Crippen LogP contribution in [0.15, 0.2) is 54.6 Å². The molecule has 104 valence electrons. The van der Waals surface area contributed by atoms with Gasteiger partial charge >= 0.3 is 6.18 Å². The molecule has 0 heterocycles. The minimum atomic E-state index is -4.64. The molecule has 1 N–H and O–H groups in total. The van der Waals surface area contributed by atoms with Gasteiger partial charge in [-0.1, -0.05) is 48.5 Å². The predicted molar refractivity (Wildman–Crippen MR) is 67.2 cm³/mol. The summed E-state index contributed by atoms with van der Waals surface area (Å²) in [7, 11) is 0. The van der Waals surface area contributed by atoms with Crippen molar-refractivity contribution >= 4 is 5.78 Å². The van der Waals surface area contributed by atoms with E-state index in [4.69, 9.17) is 0 Å². The molecule has 1 unspecified atom stereocenters. The summed E-state index contributed by atoms with van der Waals surface area (Å²) in [6, 6.07) is 12.3. The van der Waals surface area contributed by atoms with E-state index >= 15 is 0 Å². The van der Waals surface area contributed by atoms with Gasteiger partial charge in [0.15, 0.2) is 5.78 Å². The number of Topliss-reactive ketones (excluding diaryl/α,β-unsaturated/α-hetero) is 1. The van der Waals surface area contributed by atoms with Crippen LogP contribution in [0.3, 0.4) is 0 Å². The molecule has 2 rings (SSSR count). The van der Waals surface area contributed by atoms with Gasteiger partial charge in [0.05, 0.1) is 5.56 Å². The summed E-state index contributed by atoms with van der Waals surface area (Å²) < 4.78 is 38.5. The maximum absolute atomic E-state index is 12.8. The highest BCUT2D eigenvalue weighted by molar-refractivity contribution is 6.01. The first-order chi connectivity index (χ1) is 9.41. The van der Waals surface area contributed by atoms with Gasteiger partial charge in [0.1, 0.15) is 6.10 Å². The third-order valence-electron chi connectivity index (χ3n) is 2.86. The molecule has 0 spiro atoms. The normalized spacial score (nSPS) is 13.0. The van der Waals surface area contributed by atoms with Gasteiger partial charge in [-0.3, -0.25) is 4.79 Å². The van der Waals surface area contributed by atoms with Crippen LogP contribution in [0.1, 0.15) is 27.6 Å². The quantitative estimate of drug-likeness (QED) is 0.872. The summed E-state index contributed by atoms with van der Waals surface area (Å²) in [6.07, 6.45) is -6.25. The summed E-state index contributed by atoms with van der Waals surface area (Å²) in [5.41, 5.74) is -1.31. The fourth-order valence-corrected chi connectivity index (χ4v) is 1.88. The SMILES string of the molecule is O=C(c1ccccc1C(F)(F)F)C(O)c1ccccc1. The smallest absolute Gasteiger partial charge is 0.380 e. The molecular weight excluding hydrogens is 269 g/mol. The van der Waals surface area contributed by atoms with Crippen LogP contribution in [0, 0.1) is 0 Å². The molecule has 0 aliphatic heterocycles. The Hall–Kier alpha value is -2.14. The Morgan fingerprint density at radius 2 is 1.50 bits per heavy atom. The number of benzene rings is 2. The first-order valence-corrected chi connectivity index (χ1v) is 5.84. The molecule has 2 aromatic carbocycles. The molecule has 0 fully saturated rings. The number of hydrogen-bond acceptors (Lipinski definition) is 2.